The van der Waals surface area contributed by atoms with E-state index in [0.29, 0.717) is 39.1 Å². The van der Waals surface area contributed by atoms with Gasteiger partial charge in [-0.2, -0.15) is 0 Å². The third kappa shape index (κ3) is 8.07. The molecule has 3 aromatic carbocycles. The zero-order chi connectivity index (χ0) is 27.5. The van der Waals surface area contributed by atoms with Crippen LogP contribution in [0.1, 0.15) is 37.8 Å². The Morgan fingerprint density at radius 1 is 0.872 bits per heavy atom. The molecule has 1 aliphatic rings. The number of benzene rings is 3. The number of para-hydroxylation sites is 1. The largest absolute Gasteiger partial charge is 0.448 e. The number of urea groups is 1. The number of hydrogen-bond donors (Lipinski definition) is 1. The van der Waals surface area contributed by atoms with Crippen molar-refractivity contribution in [3.8, 4) is 0 Å². The second kappa shape index (κ2) is 14.4. The number of carbonyl (C=O) groups excluding carboxylic acids is 2. The van der Waals surface area contributed by atoms with Crippen LogP contribution in [0.15, 0.2) is 91.0 Å². The molecule has 1 fully saturated rings. The highest BCUT2D eigenvalue weighted by Gasteiger charge is 2.31. The fraction of sp³-hybridized carbons (Fsp3) is 0.375. The van der Waals surface area contributed by atoms with Crippen molar-refractivity contribution < 1.29 is 14.3 Å². The van der Waals surface area contributed by atoms with Crippen LogP contribution < -0.4 is 10.2 Å². The van der Waals surface area contributed by atoms with Gasteiger partial charge in [0.2, 0.25) is 0 Å². The van der Waals surface area contributed by atoms with Crippen LogP contribution in [0, 0.1) is 0 Å². The highest BCUT2D eigenvalue weighted by Crippen LogP contribution is 2.24. The Morgan fingerprint density at radius 3 is 1.90 bits per heavy atom. The Labute approximate surface area is 232 Å². The Bertz CT molecular complexity index is 1110. The quantitative estimate of drug-likeness (QED) is 0.355. The zero-order valence-electron chi connectivity index (χ0n) is 23.0. The van der Waals surface area contributed by atoms with Crippen molar-refractivity contribution in [3.05, 3.63) is 102 Å². The van der Waals surface area contributed by atoms with Crippen LogP contribution in [0.2, 0.25) is 0 Å². The highest BCUT2D eigenvalue weighted by molar-refractivity contribution is 5.92. The van der Waals surface area contributed by atoms with Crippen molar-refractivity contribution in [1.29, 1.82) is 0 Å². The summed E-state index contributed by atoms with van der Waals surface area (Å²) in [6, 6.07) is 30.4. The van der Waals surface area contributed by atoms with Gasteiger partial charge in [0.1, 0.15) is 6.61 Å². The number of nitrogens with one attached hydrogen (secondary N) is 1. The highest BCUT2D eigenvalue weighted by atomic mass is 16.6. The van der Waals surface area contributed by atoms with Crippen LogP contribution in [-0.2, 0) is 17.8 Å². The normalized spacial score (nSPS) is 14.6. The van der Waals surface area contributed by atoms with Crippen LogP contribution >= 0.6 is 0 Å². The predicted octanol–water partition coefficient (Wildman–Crippen LogP) is 5.91. The number of anilines is 1. The lowest BCUT2D eigenvalue weighted by Crippen LogP contribution is -2.52. The van der Waals surface area contributed by atoms with E-state index in [0.717, 1.165) is 18.8 Å². The first-order valence-electron chi connectivity index (χ1n) is 13.9. The lowest BCUT2D eigenvalue weighted by atomic mass is 10.0. The predicted molar refractivity (Wildman–Crippen MR) is 156 cm³/mol. The summed E-state index contributed by atoms with van der Waals surface area (Å²) in [4.78, 5) is 31.8. The molecule has 1 atom stereocenters. The van der Waals surface area contributed by atoms with Crippen molar-refractivity contribution in [3.63, 3.8) is 0 Å². The van der Waals surface area contributed by atoms with Crippen molar-refractivity contribution >= 4 is 17.8 Å². The minimum atomic E-state index is -0.288. The Morgan fingerprint density at radius 2 is 1.38 bits per heavy atom. The van der Waals surface area contributed by atoms with Crippen molar-refractivity contribution in [2.24, 2.45) is 0 Å². The molecule has 0 unspecified atom stereocenters. The van der Waals surface area contributed by atoms with Gasteiger partial charge in [-0.25, -0.2) is 9.59 Å². The molecule has 206 valence electrons. The van der Waals surface area contributed by atoms with Gasteiger partial charge in [-0.3, -0.25) is 9.80 Å². The maximum Gasteiger partial charge on any atom is 0.409 e. The lowest BCUT2D eigenvalue weighted by Gasteiger charge is -2.38. The van der Waals surface area contributed by atoms with E-state index < -0.39 is 0 Å². The molecule has 3 aromatic rings. The summed E-state index contributed by atoms with van der Waals surface area (Å²) in [5, 5.41) is 2.93. The second-order valence-corrected chi connectivity index (χ2v) is 10.1. The van der Waals surface area contributed by atoms with E-state index in [-0.39, 0.29) is 24.2 Å². The van der Waals surface area contributed by atoms with E-state index >= 15 is 0 Å². The van der Waals surface area contributed by atoms with Gasteiger partial charge in [-0.05, 0) is 49.9 Å². The second-order valence-electron chi connectivity index (χ2n) is 10.1. The van der Waals surface area contributed by atoms with E-state index in [1.54, 1.807) is 4.90 Å². The Kier molecular flexibility index (Phi) is 10.4. The molecule has 0 aromatic heterocycles. The average Bonchev–Trinajstić information content (AvgIpc) is 2.98. The smallest absolute Gasteiger partial charge is 0.409 e. The van der Waals surface area contributed by atoms with Crippen molar-refractivity contribution in [1.82, 2.24) is 15.1 Å². The fourth-order valence-corrected chi connectivity index (χ4v) is 5.02. The molecule has 0 bridgehead atoms. The van der Waals surface area contributed by atoms with E-state index in [9.17, 15) is 9.59 Å². The number of rotatable bonds is 10. The number of hydrogen-bond acceptors (Lipinski definition) is 4. The van der Waals surface area contributed by atoms with E-state index in [1.807, 2.05) is 54.3 Å². The van der Waals surface area contributed by atoms with Gasteiger partial charge in [0.25, 0.3) is 0 Å². The molecule has 39 heavy (non-hydrogen) atoms. The van der Waals surface area contributed by atoms with Crippen LogP contribution in [0.5, 0.6) is 0 Å². The summed E-state index contributed by atoms with van der Waals surface area (Å²) in [5.41, 5.74) is 3.32. The third-order valence-corrected chi connectivity index (χ3v) is 7.20. The molecule has 7 nitrogen and oxygen atoms in total. The Balaban J connectivity index is 1.33. The average molecular weight is 529 g/mol. The number of ether oxygens (including phenoxy) is 1. The molecule has 1 saturated heterocycles. The molecule has 7 heteroatoms. The number of likely N-dealkylation sites (tertiary alicyclic amines) is 1. The summed E-state index contributed by atoms with van der Waals surface area (Å²) in [6.07, 6.45) is 1.11. The molecule has 0 aliphatic carbocycles. The van der Waals surface area contributed by atoms with Crippen LogP contribution in [0.25, 0.3) is 0 Å². The minimum absolute atomic E-state index is 0.0224. The molecule has 0 radical (unpaired) electrons. The standard InChI is InChI=1S/C32H40N4O3/c1-3-33-31(37)36(29-17-11-6-12-18-29)30-19-21-34(22-20-30)32(38)39-25-26(2)35(23-27-13-7-4-8-14-27)24-28-15-9-5-10-16-28/h4-18,26,30H,3,19-25H2,1-2H3,(H,33,37)/t26-/m0/s1. The number of nitrogens with zero attached hydrogens (tertiary/aromatic N) is 3. The first kappa shape index (κ1) is 28.2. The zero-order valence-corrected chi connectivity index (χ0v) is 23.0. The molecular weight excluding hydrogens is 488 g/mol. The molecule has 1 aliphatic heterocycles. The van der Waals surface area contributed by atoms with Crippen molar-refractivity contribution in [2.75, 3.05) is 31.1 Å². The number of amides is 3. The van der Waals surface area contributed by atoms with Crippen LogP contribution in [-0.4, -0.2) is 60.2 Å². The van der Waals surface area contributed by atoms with Gasteiger partial charge >= 0.3 is 12.1 Å². The number of carbonyl (C=O) groups is 2. The third-order valence-electron chi connectivity index (χ3n) is 7.20. The van der Waals surface area contributed by atoms with E-state index in [4.69, 9.17) is 4.74 Å². The van der Waals surface area contributed by atoms with E-state index in [2.05, 4.69) is 65.7 Å². The van der Waals surface area contributed by atoms with Gasteiger partial charge in [0.15, 0.2) is 0 Å². The van der Waals surface area contributed by atoms with Crippen molar-refractivity contribution in [2.45, 2.75) is 51.9 Å². The molecule has 0 saturated carbocycles. The molecule has 1 heterocycles. The number of piperidine rings is 1. The van der Waals surface area contributed by atoms with Gasteiger partial charge in [-0.15, -0.1) is 0 Å². The fourth-order valence-electron chi connectivity index (χ4n) is 5.02. The maximum atomic E-state index is 13.0. The first-order chi connectivity index (χ1) is 19.0. The summed E-state index contributed by atoms with van der Waals surface area (Å²) in [7, 11) is 0. The summed E-state index contributed by atoms with van der Waals surface area (Å²) in [5.74, 6) is 0. The van der Waals surface area contributed by atoms with Crippen LogP contribution in [0.3, 0.4) is 0 Å². The van der Waals surface area contributed by atoms with Crippen LogP contribution in [0.4, 0.5) is 15.3 Å². The molecular formula is C32H40N4O3. The molecule has 4 rings (SSSR count). The minimum Gasteiger partial charge on any atom is -0.448 e. The summed E-state index contributed by atoms with van der Waals surface area (Å²) < 4.78 is 5.82. The molecule has 0 spiro atoms. The Hall–Kier alpha value is -3.84. The SMILES string of the molecule is CCNC(=O)N(c1ccccc1)C1CCN(C(=O)OC[C@H](C)N(Cc2ccccc2)Cc2ccccc2)CC1. The lowest BCUT2D eigenvalue weighted by molar-refractivity contribution is 0.0590. The maximum absolute atomic E-state index is 13.0. The van der Waals surface area contributed by atoms with E-state index in [1.165, 1.54) is 11.1 Å². The first-order valence-corrected chi connectivity index (χ1v) is 13.9. The van der Waals surface area contributed by atoms with Gasteiger partial charge in [0.05, 0.1) is 0 Å². The topological polar surface area (TPSA) is 65.1 Å². The van der Waals surface area contributed by atoms with Gasteiger partial charge in [-0.1, -0.05) is 78.9 Å². The summed E-state index contributed by atoms with van der Waals surface area (Å²) in [6.45, 7) is 7.56. The summed E-state index contributed by atoms with van der Waals surface area (Å²) >= 11 is 0. The van der Waals surface area contributed by atoms with Gasteiger partial charge < -0.3 is 15.0 Å². The monoisotopic (exact) mass is 528 g/mol. The molecule has 3 amide bonds. The molecule has 1 N–H and O–H groups in total. The van der Waals surface area contributed by atoms with Gasteiger partial charge in [0, 0.05) is 50.5 Å².